The van der Waals surface area contributed by atoms with E-state index in [1.54, 1.807) is 24.3 Å². The van der Waals surface area contributed by atoms with Gasteiger partial charge in [-0.2, -0.15) is 0 Å². The van der Waals surface area contributed by atoms with Crippen LogP contribution in [0.15, 0.2) is 60.7 Å². The molecule has 6 nitrogen and oxygen atoms in total. The average molecular weight is 296 g/mol. The molecule has 1 aromatic heterocycles. The first-order valence-electron chi connectivity index (χ1n) is 6.85. The van der Waals surface area contributed by atoms with Crippen molar-refractivity contribution in [3.05, 3.63) is 83.4 Å². The third-order valence-electron chi connectivity index (χ3n) is 3.47. The van der Waals surface area contributed by atoms with Gasteiger partial charge in [-0.3, -0.25) is 0 Å². The highest BCUT2D eigenvalue weighted by Crippen LogP contribution is 2.24. The molecule has 0 aliphatic heterocycles. The van der Waals surface area contributed by atoms with Gasteiger partial charge in [-0.05, 0) is 11.1 Å². The molecule has 4 N–H and O–H groups in total. The maximum atomic E-state index is 10.4. The van der Waals surface area contributed by atoms with Crippen molar-refractivity contribution in [2.24, 2.45) is 0 Å². The molecular weight excluding hydrogens is 280 g/mol. The third kappa shape index (κ3) is 2.57. The Morgan fingerprint density at radius 3 is 1.45 bits per heavy atom. The molecule has 22 heavy (non-hydrogen) atoms. The predicted molar refractivity (Wildman–Crippen MR) is 81.2 cm³/mol. The summed E-state index contributed by atoms with van der Waals surface area (Å²) in [6, 6.07) is 18.1. The third-order valence-corrected chi connectivity index (χ3v) is 3.47. The van der Waals surface area contributed by atoms with Crippen LogP contribution in [0.25, 0.3) is 0 Å². The highest BCUT2D eigenvalue weighted by atomic mass is 16.3. The second-order valence-electron chi connectivity index (χ2n) is 4.91. The number of benzene rings is 2. The van der Waals surface area contributed by atoms with E-state index in [0.717, 1.165) is 4.68 Å². The van der Waals surface area contributed by atoms with Gasteiger partial charge < -0.3 is 16.1 Å². The summed E-state index contributed by atoms with van der Waals surface area (Å²) in [6.07, 6.45) is -2.01. The first kappa shape index (κ1) is 14.2. The van der Waals surface area contributed by atoms with E-state index < -0.39 is 12.2 Å². The number of rotatable bonds is 4. The zero-order chi connectivity index (χ0) is 15.5. The van der Waals surface area contributed by atoms with Crippen LogP contribution in [-0.4, -0.2) is 25.1 Å². The smallest absolute Gasteiger partial charge is 0.185 e. The van der Waals surface area contributed by atoms with Gasteiger partial charge in [0.05, 0.1) is 0 Å². The number of hydrogen-bond acceptors (Lipinski definition) is 5. The van der Waals surface area contributed by atoms with Gasteiger partial charge in [-0.15, -0.1) is 10.2 Å². The lowest BCUT2D eigenvalue weighted by atomic mass is 10.1. The standard InChI is InChI=1S/C16H16N4O2/c17-20-15(13(21)11-7-3-1-4-8-11)18-19-16(20)14(22)12-9-5-2-6-10-12/h1-10,13-14,21-22H,17H2. The molecule has 0 spiro atoms. The molecule has 2 unspecified atom stereocenters. The number of hydrogen-bond donors (Lipinski definition) is 3. The van der Waals surface area contributed by atoms with Crippen molar-refractivity contribution in [1.82, 2.24) is 14.9 Å². The van der Waals surface area contributed by atoms with Gasteiger partial charge in [0.15, 0.2) is 11.6 Å². The Kier molecular flexibility index (Phi) is 3.86. The lowest BCUT2D eigenvalue weighted by molar-refractivity contribution is 0.197. The van der Waals surface area contributed by atoms with Crippen LogP contribution < -0.4 is 5.84 Å². The second-order valence-corrected chi connectivity index (χ2v) is 4.91. The van der Waals surface area contributed by atoms with Gasteiger partial charge in [-0.25, -0.2) is 4.68 Å². The summed E-state index contributed by atoms with van der Waals surface area (Å²) in [5.74, 6) is 6.31. The fourth-order valence-electron chi connectivity index (χ4n) is 2.26. The molecule has 3 rings (SSSR count). The predicted octanol–water partition coefficient (Wildman–Crippen LogP) is 1.16. The zero-order valence-electron chi connectivity index (χ0n) is 11.7. The quantitative estimate of drug-likeness (QED) is 0.628. The number of aromatic nitrogens is 3. The minimum atomic E-state index is -1.00. The molecular formula is C16H16N4O2. The Labute approximate surface area is 127 Å². The van der Waals surface area contributed by atoms with E-state index in [4.69, 9.17) is 5.84 Å². The zero-order valence-corrected chi connectivity index (χ0v) is 11.7. The maximum absolute atomic E-state index is 10.4. The monoisotopic (exact) mass is 296 g/mol. The van der Waals surface area contributed by atoms with Crippen LogP contribution in [0.3, 0.4) is 0 Å². The van der Waals surface area contributed by atoms with Crippen molar-refractivity contribution >= 4 is 0 Å². The van der Waals surface area contributed by atoms with Crippen LogP contribution >= 0.6 is 0 Å². The van der Waals surface area contributed by atoms with Gasteiger partial charge in [0.2, 0.25) is 0 Å². The summed E-state index contributed by atoms with van der Waals surface area (Å²) in [7, 11) is 0. The molecule has 2 aromatic carbocycles. The average Bonchev–Trinajstić information content (AvgIpc) is 2.96. The lowest BCUT2D eigenvalue weighted by Gasteiger charge is -2.13. The van der Waals surface area contributed by atoms with E-state index in [1.165, 1.54) is 0 Å². The largest absolute Gasteiger partial charge is 0.380 e. The normalized spacial score (nSPS) is 13.7. The summed E-state index contributed by atoms with van der Waals surface area (Å²) in [5.41, 5.74) is 1.31. The Bertz CT molecular complexity index is 680. The number of aliphatic hydroxyl groups is 2. The van der Waals surface area contributed by atoms with Gasteiger partial charge in [0.1, 0.15) is 12.2 Å². The first-order valence-corrected chi connectivity index (χ1v) is 6.85. The molecule has 3 aromatic rings. The first-order chi connectivity index (χ1) is 10.7. The molecule has 0 fully saturated rings. The van der Waals surface area contributed by atoms with Gasteiger partial charge in [0, 0.05) is 0 Å². The van der Waals surface area contributed by atoms with Crippen LogP contribution in [0.5, 0.6) is 0 Å². The molecule has 0 saturated heterocycles. The summed E-state index contributed by atoms with van der Waals surface area (Å²) < 4.78 is 1.13. The second kappa shape index (κ2) is 5.97. The van der Waals surface area contributed by atoms with E-state index >= 15 is 0 Å². The molecule has 6 heteroatoms. The maximum Gasteiger partial charge on any atom is 0.185 e. The molecule has 0 aliphatic rings. The van der Waals surface area contributed by atoms with E-state index in [9.17, 15) is 10.2 Å². The highest BCUT2D eigenvalue weighted by Gasteiger charge is 2.23. The van der Waals surface area contributed by atoms with Crippen molar-refractivity contribution in [3.63, 3.8) is 0 Å². The Hall–Kier alpha value is -2.70. The summed E-state index contributed by atoms with van der Waals surface area (Å²) in [4.78, 5) is 0. The SMILES string of the molecule is Nn1c(C(O)c2ccccc2)nnc1C(O)c1ccccc1. The van der Waals surface area contributed by atoms with Crippen LogP contribution in [0.4, 0.5) is 0 Å². The number of nitrogen functional groups attached to an aromatic ring is 1. The molecule has 0 radical (unpaired) electrons. The van der Waals surface area contributed by atoms with E-state index in [1.807, 2.05) is 36.4 Å². The van der Waals surface area contributed by atoms with Crippen molar-refractivity contribution < 1.29 is 10.2 Å². The fourth-order valence-corrected chi connectivity index (χ4v) is 2.26. The fraction of sp³-hybridized carbons (Fsp3) is 0.125. The van der Waals surface area contributed by atoms with Crippen molar-refractivity contribution in [3.8, 4) is 0 Å². The minimum Gasteiger partial charge on any atom is -0.380 e. The topological polar surface area (TPSA) is 97.2 Å². The summed E-state index contributed by atoms with van der Waals surface area (Å²) >= 11 is 0. The summed E-state index contributed by atoms with van der Waals surface area (Å²) in [5, 5.41) is 28.5. The van der Waals surface area contributed by atoms with Crippen LogP contribution in [0, 0.1) is 0 Å². The molecule has 0 bridgehead atoms. The Balaban J connectivity index is 1.92. The number of nitrogens with zero attached hydrogens (tertiary/aromatic N) is 3. The van der Waals surface area contributed by atoms with Gasteiger partial charge in [0.25, 0.3) is 0 Å². The molecule has 0 aliphatic carbocycles. The van der Waals surface area contributed by atoms with Gasteiger partial charge >= 0.3 is 0 Å². The van der Waals surface area contributed by atoms with E-state index in [0.29, 0.717) is 11.1 Å². The molecule has 0 amide bonds. The van der Waals surface area contributed by atoms with Crippen molar-refractivity contribution in [1.29, 1.82) is 0 Å². The number of nitrogens with two attached hydrogens (primary N) is 1. The van der Waals surface area contributed by atoms with Gasteiger partial charge in [-0.1, -0.05) is 60.7 Å². The molecule has 112 valence electrons. The van der Waals surface area contributed by atoms with Crippen molar-refractivity contribution in [2.45, 2.75) is 12.2 Å². The Morgan fingerprint density at radius 2 is 1.09 bits per heavy atom. The van der Waals surface area contributed by atoms with E-state index in [2.05, 4.69) is 10.2 Å². The molecule has 1 heterocycles. The van der Waals surface area contributed by atoms with Crippen molar-refractivity contribution in [2.75, 3.05) is 5.84 Å². The minimum absolute atomic E-state index is 0.177. The Morgan fingerprint density at radius 1 is 0.727 bits per heavy atom. The molecule has 0 saturated carbocycles. The van der Waals surface area contributed by atoms with Crippen LogP contribution in [0.1, 0.15) is 35.0 Å². The summed E-state index contributed by atoms with van der Waals surface area (Å²) in [6.45, 7) is 0. The van der Waals surface area contributed by atoms with E-state index in [-0.39, 0.29) is 11.6 Å². The van der Waals surface area contributed by atoms with Crippen LogP contribution in [0.2, 0.25) is 0 Å². The lowest BCUT2D eigenvalue weighted by Crippen LogP contribution is -2.21. The molecule has 2 atom stereocenters. The van der Waals surface area contributed by atoms with Crippen LogP contribution in [-0.2, 0) is 0 Å². The number of aliphatic hydroxyl groups excluding tert-OH is 2. The highest BCUT2D eigenvalue weighted by molar-refractivity contribution is 5.26.